The van der Waals surface area contributed by atoms with Gasteiger partial charge in [0.05, 0.1) is 25.4 Å². The van der Waals surface area contributed by atoms with Gasteiger partial charge in [-0.3, -0.25) is 4.79 Å². The van der Waals surface area contributed by atoms with Crippen molar-refractivity contribution in [3.63, 3.8) is 0 Å². The summed E-state index contributed by atoms with van der Waals surface area (Å²) in [5.74, 6) is -0.272. The molecule has 1 saturated heterocycles. The minimum atomic E-state index is -0.638. The van der Waals surface area contributed by atoms with Gasteiger partial charge in [0.2, 0.25) is 5.91 Å². The van der Waals surface area contributed by atoms with Crippen LogP contribution in [0.1, 0.15) is 5.56 Å². The average Bonchev–Trinajstić information content (AvgIpc) is 2.82. The summed E-state index contributed by atoms with van der Waals surface area (Å²) >= 11 is 5.63. The Hall–Kier alpha value is -1.10. The van der Waals surface area contributed by atoms with E-state index in [2.05, 4.69) is 0 Å². The number of nitrogens with zero attached hydrogens (tertiary/aromatic N) is 1. The molecule has 0 aliphatic carbocycles. The third kappa shape index (κ3) is 3.02. The molecule has 0 unspecified atom stereocenters. The fraction of sp³-hybridized carbons (Fsp3) is 0.462. The van der Waals surface area contributed by atoms with Crippen LogP contribution in [-0.4, -0.2) is 47.2 Å². The number of carbonyl (C=O) groups excluding carboxylic acids is 1. The van der Waals surface area contributed by atoms with Crippen molar-refractivity contribution in [1.29, 1.82) is 0 Å². The largest absolute Gasteiger partial charge is 0.388 e. The Balaban J connectivity index is 2.13. The smallest absolute Gasteiger partial charge is 0.238 e. The lowest BCUT2D eigenvalue weighted by molar-refractivity contribution is -0.133. The number of amides is 1. The highest BCUT2D eigenvalue weighted by molar-refractivity contribution is 6.27. The zero-order valence-corrected chi connectivity index (χ0v) is 10.7. The van der Waals surface area contributed by atoms with Crippen LogP contribution in [-0.2, 0) is 16.1 Å². The van der Waals surface area contributed by atoms with Crippen molar-refractivity contribution in [2.75, 3.05) is 19.1 Å². The van der Waals surface area contributed by atoms with Crippen molar-refractivity contribution in [2.24, 2.45) is 0 Å². The summed E-state index contributed by atoms with van der Waals surface area (Å²) in [6.45, 7) is 1.07. The maximum Gasteiger partial charge on any atom is 0.238 e. The van der Waals surface area contributed by atoms with Crippen molar-refractivity contribution in [3.8, 4) is 0 Å². The molecule has 0 saturated carbocycles. The normalized spacial score (nSPS) is 23.0. The number of benzene rings is 1. The number of halogens is 1. The molecule has 0 aromatic heterocycles. The van der Waals surface area contributed by atoms with Crippen LogP contribution >= 0.6 is 11.6 Å². The third-order valence-corrected chi connectivity index (χ3v) is 3.28. The number of hydrogen-bond donors (Lipinski definition) is 1. The Bertz CT molecular complexity index is 398. The van der Waals surface area contributed by atoms with E-state index in [0.29, 0.717) is 13.2 Å². The monoisotopic (exact) mass is 269 g/mol. The predicted molar refractivity (Wildman–Crippen MR) is 68.3 cm³/mol. The number of ether oxygens (including phenoxy) is 1. The molecule has 98 valence electrons. The van der Waals surface area contributed by atoms with Crippen LogP contribution in [0.25, 0.3) is 0 Å². The summed E-state index contributed by atoms with van der Waals surface area (Å²) in [6, 6.07) is 9.33. The lowest BCUT2D eigenvalue weighted by Gasteiger charge is -2.29. The van der Waals surface area contributed by atoms with Crippen LogP contribution < -0.4 is 0 Å². The molecule has 5 heteroatoms. The second-order valence-electron chi connectivity index (χ2n) is 4.31. The molecule has 1 aromatic rings. The second kappa shape index (κ2) is 6.18. The highest BCUT2D eigenvalue weighted by Gasteiger charge is 2.34. The molecule has 1 aliphatic heterocycles. The summed E-state index contributed by atoms with van der Waals surface area (Å²) in [5.41, 5.74) is 1.01. The molecule has 1 amide bonds. The van der Waals surface area contributed by atoms with E-state index in [1.165, 1.54) is 0 Å². The molecular formula is C13H16ClNO3. The highest BCUT2D eigenvalue weighted by Crippen LogP contribution is 2.17. The van der Waals surface area contributed by atoms with Crippen LogP contribution in [0.5, 0.6) is 0 Å². The van der Waals surface area contributed by atoms with E-state index in [1.54, 1.807) is 4.90 Å². The Kier molecular flexibility index (Phi) is 4.58. The average molecular weight is 270 g/mol. The summed E-state index contributed by atoms with van der Waals surface area (Å²) in [4.78, 5) is 13.5. The topological polar surface area (TPSA) is 49.8 Å². The molecule has 1 fully saturated rings. The van der Waals surface area contributed by atoms with E-state index >= 15 is 0 Å². The molecule has 2 atom stereocenters. The summed E-state index contributed by atoms with van der Waals surface area (Å²) in [7, 11) is 0. The van der Waals surface area contributed by atoms with Gasteiger partial charge >= 0.3 is 0 Å². The first-order valence-corrected chi connectivity index (χ1v) is 6.41. The summed E-state index contributed by atoms with van der Waals surface area (Å²) in [5, 5.41) is 9.82. The third-order valence-electron chi connectivity index (χ3n) is 3.05. The molecule has 1 N–H and O–H groups in total. The number of aliphatic hydroxyl groups is 1. The zero-order chi connectivity index (χ0) is 13.0. The first-order chi connectivity index (χ1) is 8.72. The fourth-order valence-electron chi connectivity index (χ4n) is 2.08. The number of carbonyl (C=O) groups is 1. The quantitative estimate of drug-likeness (QED) is 0.830. The van der Waals surface area contributed by atoms with Gasteiger partial charge in [-0.25, -0.2) is 0 Å². The minimum Gasteiger partial charge on any atom is -0.388 e. The van der Waals surface area contributed by atoms with Crippen LogP contribution in [0, 0.1) is 0 Å². The van der Waals surface area contributed by atoms with E-state index in [1.807, 2.05) is 30.3 Å². The molecule has 1 heterocycles. The van der Waals surface area contributed by atoms with Crippen LogP contribution in [0.2, 0.25) is 0 Å². The Morgan fingerprint density at radius 1 is 1.39 bits per heavy atom. The SMILES string of the molecule is O=C(CCl)N(Cc1ccccc1)[C@H]1COC[C@@H]1O. The van der Waals surface area contributed by atoms with Gasteiger partial charge < -0.3 is 14.7 Å². The van der Waals surface area contributed by atoms with E-state index in [0.717, 1.165) is 5.56 Å². The van der Waals surface area contributed by atoms with Crippen molar-refractivity contribution in [3.05, 3.63) is 35.9 Å². The van der Waals surface area contributed by atoms with Crippen molar-refractivity contribution in [2.45, 2.75) is 18.7 Å². The van der Waals surface area contributed by atoms with Gasteiger partial charge in [-0.1, -0.05) is 30.3 Å². The van der Waals surface area contributed by atoms with Crippen molar-refractivity contribution in [1.82, 2.24) is 4.90 Å². The highest BCUT2D eigenvalue weighted by atomic mass is 35.5. The van der Waals surface area contributed by atoms with Gasteiger partial charge in [-0.15, -0.1) is 11.6 Å². The summed E-state index contributed by atoms with van der Waals surface area (Å²) in [6.07, 6.45) is -0.638. The van der Waals surface area contributed by atoms with Crippen LogP contribution in [0.4, 0.5) is 0 Å². The molecule has 1 aliphatic rings. The predicted octanol–water partition coefficient (Wildman–Crippen LogP) is 1.01. The molecule has 4 nitrogen and oxygen atoms in total. The Morgan fingerprint density at radius 3 is 2.67 bits per heavy atom. The van der Waals surface area contributed by atoms with Gasteiger partial charge in [0.15, 0.2) is 0 Å². The summed E-state index contributed by atoms with van der Waals surface area (Å²) < 4.78 is 5.20. The van der Waals surface area contributed by atoms with E-state index in [9.17, 15) is 9.90 Å². The molecule has 0 bridgehead atoms. The second-order valence-corrected chi connectivity index (χ2v) is 4.58. The lowest BCUT2D eigenvalue weighted by atomic mass is 10.1. The molecule has 0 radical (unpaired) electrons. The maximum atomic E-state index is 11.9. The fourth-order valence-corrected chi connectivity index (χ4v) is 2.23. The van der Waals surface area contributed by atoms with Crippen molar-refractivity contribution >= 4 is 17.5 Å². The van der Waals surface area contributed by atoms with Gasteiger partial charge in [0.25, 0.3) is 0 Å². The van der Waals surface area contributed by atoms with Crippen molar-refractivity contribution < 1.29 is 14.6 Å². The van der Waals surface area contributed by atoms with Gasteiger partial charge in [0, 0.05) is 6.54 Å². The number of alkyl halides is 1. The Morgan fingerprint density at radius 2 is 2.11 bits per heavy atom. The van der Waals surface area contributed by atoms with Gasteiger partial charge in [-0.05, 0) is 5.56 Å². The van der Waals surface area contributed by atoms with E-state index in [4.69, 9.17) is 16.3 Å². The standard InChI is InChI=1S/C13H16ClNO3/c14-6-13(17)15(11-8-18-9-12(11)16)7-10-4-2-1-3-5-10/h1-5,11-12,16H,6-9H2/t11-,12-/m0/s1. The number of aliphatic hydroxyl groups excluding tert-OH is 1. The molecular weight excluding hydrogens is 254 g/mol. The molecule has 18 heavy (non-hydrogen) atoms. The first-order valence-electron chi connectivity index (χ1n) is 5.87. The molecule has 0 spiro atoms. The van der Waals surface area contributed by atoms with Crippen LogP contribution in [0.3, 0.4) is 0 Å². The van der Waals surface area contributed by atoms with E-state index in [-0.39, 0.29) is 24.4 Å². The molecule has 1 aromatic carbocycles. The maximum absolute atomic E-state index is 11.9. The van der Waals surface area contributed by atoms with Gasteiger partial charge in [-0.2, -0.15) is 0 Å². The molecule has 2 rings (SSSR count). The van der Waals surface area contributed by atoms with E-state index < -0.39 is 6.10 Å². The lowest BCUT2D eigenvalue weighted by Crippen LogP contribution is -2.46. The number of rotatable bonds is 4. The Labute approximate surface area is 111 Å². The van der Waals surface area contributed by atoms with Crippen LogP contribution in [0.15, 0.2) is 30.3 Å². The minimum absolute atomic E-state index is 0.0872. The zero-order valence-electron chi connectivity index (χ0n) is 9.96. The first kappa shape index (κ1) is 13.3. The number of hydrogen-bond acceptors (Lipinski definition) is 3. The van der Waals surface area contributed by atoms with Gasteiger partial charge in [0.1, 0.15) is 5.88 Å².